The Labute approximate surface area is 331 Å². The fourth-order valence-corrected chi connectivity index (χ4v) is 10.0. The number of fused-ring (bicyclic) bond motifs is 4. The van der Waals surface area contributed by atoms with Crippen LogP contribution in [0.25, 0.3) is 33.1 Å². The molecule has 2 atom stereocenters. The van der Waals surface area contributed by atoms with E-state index in [2.05, 4.69) is 51.7 Å². The van der Waals surface area contributed by atoms with Crippen LogP contribution in [0.5, 0.6) is 0 Å². The lowest BCUT2D eigenvalue weighted by Crippen LogP contribution is -2.52. The second kappa shape index (κ2) is 14.9. The lowest BCUT2D eigenvalue weighted by atomic mass is 9.61. The smallest absolute Gasteiger partial charge is 0.311 e. The number of esters is 1. The maximum absolute atomic E-state index is 16.9. The molecule has 0 spiro atoms. The van der Waals surface area contributed by atoms with Gasteiger partial charge in [0.1, 0.15) is 16.7 Å². The van der Waals surface area contributed by atoms with Crippen molar-refractivity contribution in [2.75, 3.05) is 11.9 Å². The first-order chi connectivity index (χ1) is 27.4. The Morgan fingerprint density at radius 1 is 0.857 bits per heavy atom. The summed E-state index contributed by atoms with van der Waals surface area (Å²) in [5.41, 5.74) is 2.65. The van der Waals surface area contributed by atoms with Crippen molar-refractivity contribution in [3.8, 4) is 22.0 Å². The van der Waals surface area contributed by atoms with Crippen molar-refractivity contribution < 1.29 is 18.3 Å². The van der Waals surface area contributed by atoms with Crippen LogP contribution in [0, 0.1) is 29.5 Å². The molecule has 7 aromatic rings. The zero-order valence-corrected chi connectivity index (χ0v) is 32.0. The van der Waals surface area contributed by atoms with Gasteiger partial charge in [-0.05, 0) is 73.3 Å². The number of aromatic nitrogens is 5. The molecule has 0 saturated heterocycles. The predicted octanol–water partition coefficient (Wildman–Crippen LogP) is 10.2. The van der Waals surface area contributed by atoms with Gasteiger partial charge >= 0.3 is 5.97 Å². The first kappa shape index (κ1) is 36.1. The van der Waals surface area contributed by atoms with Crippen LogP contribution in [-0.2, 0) is 15.1 Å². The van der Waals surface area contributed by atoms with Crippen molar-refractivity contribution in [1.29, 1.82) is 0 Å². The van der Waals surface area contributed by atoms with E-state index in [4.69, 9.17) is 26.3 Å². The van der Waals surface area contributed by atoms with Crippen LogP contribution in [0.15, 0.2) is 116 Å². The van der Waals surface area contributed by atoms with Crippen molar-refractivity contribution in [3.05, 3.63) is 148 Å². The molecule has 3 aromatic carbocycles. The number of rotatable bonds is 10. The molecule has 3 aliphatic carbocycles. The molecule has 282 valence electrons. The molecule has 0 radical (unpaired) electrons. The number of thiophene rings is 1. The minimum Gasteiger partial charge on any atom is -0.466 e. The van der Waals surface area contributed by atoms with Crippen LogP contribution >= 0.6 is 22.9 Å². The fraction of sp³-hybridized carbons (Fsp3) is 0.250. The summed E-state index contributed by atoms with van der Waals surface area (Å²) < 4.78 is 40.3. The Morgan fingerprint density at radius 2 is 1.46 bits per heavy atom. The van der Waals surface area contributed by atoms with E-state index in [0.717, 1.165) is 48.6 Å². The van der Waals surface area contributed by atoms with Gasteiger partial charge in [-0.1, -0.05) is 103 Å². The van der Waals surface area contributed by atoms with Crippen molar-refractivity contribution in [3.63, 3.8) is 0 Å². The number of nitrogens with one attached hydrogen (secondary N) is 1. The second-order valence-electron chi connectivity index (χ2n) is 14.4. The lowest BCUT2D eigenvalue weighted by Gasteiger charge is -2.47. The quantitative estimate of drug-likeness (QED) is 0.109. The van der Waals surface area contributed by atoms with E-state index in [0.29, 0.717) is 20.4 Å². The van der Waals surface area contributed by atoms with Gasteiger partial charge in [0.05, 0.1) is 33.5 Å². The normalized spacial score (nSPS) is 19.3. The zero-order valence-electron chi connectivity index (χ0n) is 30.4. The van der Waals surface area contributed by atoms with Crippen molar-refractivity contribution >= 4 is 45.9 Å². The van der Waals surface area contributed by atoms with Crippen LogP contribution in [0.4, 0.5) is 14.6 Å². The summed E-state index contributed by atoms with van der Waals surface area (Å²) in [6, 6.07) is 33.1. The number of halogens is 3. The highest BCUT2D eigenvalue weighted by molar-refractivity contribution is 7.19. The van der Waals surface area contributed by atoms with Crippen LogP contribution in [0.2, 0.25) is 4.34 Å². The van der Waals surface area contributed by atoms with Crippen LogP contribution in [-0.4, -0.2) is 43.1 Å². The van der Waals surface area contributed by atoms with E-state index < -0.39 is 29.3 Å². The number of carbonyl (C=O) groups is 1. The fourth-order valence-electron chi connectivity index (χ4n) is 9.00. The molecule has 12 heteroatoms. The summed E-state index contributed by atoms with van der Waals surface area (Å²) in [6.45, 7) is 2.05. The summed E-state index contributed by atoms with van der Waals surface area (Å²) in [5.74, 6) is -1.92. The molecule has 3 aliphatic rings. The Balaban J connectivity index is 1.30. The first-order valence-electron chi connectivity index (χ1n) is 18.8. The molecule has 3 fully saturated rings. The molecule has 0 unspecified atom stereocenters. The maximum Gasteiger partial charge on any atom is 0.311 e. The largest absolute Gasteiger partial charge is 0.466 e. The van der Waals surface area contributed by atoms with Gasteiger partial charge in [-0.15, -0.1) is 11.3 Å². The molecular formula is C44H37ClF2N6O2S. The number of anilines is 1. The molecule has 3 saturated carbocycles. The molecule has 2 bridgehead atoms. The van der Waals surface area contributed by atoms with Gasteiger partial charge in [0.15, 0.2) is 23.1 Å². The van der Waals surface area contributed by atoms with Crippen molar-refractivity contribution in [2.45, 2.75) is 44.2 Å². The SMILES string of the molecule is CCOC(=O)[C@H]1C2CCC(CC2)[C@@H]1Nc1nc(-c2cn(C(c3ccccc3)(c3ccccc3)c3ccccc3)c3ncc(F)nc23)nc(-c2ccc(Cl)s2)c1F. The Morgan fingerprint density at radius 3 is 2.04 bits per heavy atom. The Hall–Kier alpha value is -5.52. The molecule has 56 heavy (non-hydrogen) atoms. The van der Waals surface area contributed by atoms with E-state index in [1.165, 1.54) is 11.3 Å². The molecule has 0 aliphatic heterocycles. The predicted molar refractivity (Wildman–Crippen MR) is 214 cm³/mol. The molecule has 8 nitrogen and oxygen atoms in total. The maximum atomic E-state index is 16.9. The third-order valence-electron chi connectivity index (χ3n) is 11.4. The number of benzene rings is 3. The van der Waals surface area contributed by atoms with Gasteiger partial charge in [0.25, 0.3) is 0 Å². The van der Waals surface area contributed by atoms with E-state index in [1.807, 2.05) is 65.4 Å². The molecule has 1 N–H and O–H groups in total. The second-order valence-corrected chi connectivity index (χ2v) is 16.1. The summed E-state index contributed by atoms with van der Waals surface area (Å²) in [4.78, 5) is 32.7. The van der Waals surface area contributed by atoms with Crippen molar-refractivity contribution in [1.82, 2.24) is 24.5 Å². The number of hydrogen-bond donors (Lipinski definition) is 1. The van der Waals surface area contributed by atoms with Crippen molar-refractivity contribution in [2.24, 2.45) is 17.8 Å². The molecular weight excluding hydrogens is 750 g/mol. The van der Waals surface area contributed by atoms with Gasteiger partial charge in [0, 0.05) is 12.2 Å². The Kier molecular flexibility index (Phi) is 9.59. The standard InChI is InChI=1S/C44H37ClF2N6O2S/c1-2-55-43(54)35-26-18-20-27(21-19-26)37(35)50-41-36(47)39(32-22-23-33(45)56-32)51-40(52-41)31-25-53(42-38(31)49-34(46)24-48-42)44(28-12-6-3-7-13-28,29-14-8-4-9-15-29)30-16-10-5-11-17-30/h3-17,22-27,35,37H,2,18-21H2,1H3,(H,50,51,52)/t26?,27?,35-,37-/m0/s1. The summed E-state index contributed by atoms with van der Waals surface area (Å²) >= 11 is 7.57. The molecule has 4 aromatic heterocycles. The van der Waals surface area contributed by atoms with Crippen LogP contribution in [0.1, 0.15) is 49.3 Å². The number of hydrogen-bond acceptors (Lipinski definition) is 8. The molecule has 0 amide bonds. The third-order valence-corrected chi connectivity index (χ3v) is 12.6. The molecule has 4 heterocycles. The van der Waals surface area contributed by atoms with E-state index in [9.17, 15) is 4.79 Å². The highest BCUT2D eigenvalue weighted by Crippen LogP contribution is 2.48. The average molecular weight is 787 g/mol. The minimum absolute atomic E-state index is 0.0220. The lowest BCUT2D eigenvalue weighted by molar-refractivity contribution is -0.154. The van der Waals surface area contributed by atoms with Gasteiger partial charge in [-0.25, -0.2) is 24.3 Å². The average Bonchev–Trinajstić information content (AvgIpc) is 3.84. The van der Waals surface area contributed by atoms with Gasteiger partial charge < -0.3 is 14.6 Å². The summed E-state index contributed by atoms with van der Waals surface area (Å²) in [5, 5.41) is 3.40. The first-order valence-corrected chi connectivity index (χ1v) is 20.0. The van der Waals surface area contributed by atoms with Crippen LogP contribution < -0.4 is 5.32 Å². The summed E-state index contributed by atoms with van der Waals surface area (Å²) in [7, 11) is 0. The Bertz CT molecular complexity index is 2430. The highest BCUT2D eigenvalue weighted by atomic mass is 35.5. The number of ether oxygens (including phenoxy) is 1. The number of nitrogens with zero attached hydrogens (tertiary/aromatic N) is 5. The van der Waals surface area contributed by atoms with Crippen LogP contribution in [0.3, 0.4) is 0 Å². The van der Waals surface area contributed by atoms with Gasteiger partial charge in [-0.3, -0.25) is 4.79 Å². The molecule has 10 rings (SSSR count). The minimum atomic E-state index is -1.04. The zero-order chi connectivity index (χ0) is 38.4. The van der Waals surface area contributed by atoms with E-state index >= 15 is 8.78 Å². The number of carbonyl (C=O) groups excluding carboxylic acids is 1. The topological polar surface area (TPSA) is 94.8 Å². The monoisotopic (exact) mass is 786 g/mol. The highest BCUT2D eigenvalue weighted by Gasteiger charge is 2.48. The van der Waals surface area contributed by atoms with Gasteiger partial charge in [0.2, 0.25) is 5.95 Å². The van der Waals surface area contributed by atoms with Gasteiger partial charge in [-0.2, -0.15) is 4.39 Å². The third kappa shape index (κ3) is 6.13. The summed E-state index contributed by atoms with van der Waals surface area (Å²) in [6.07, 6.45) is 6.59. The van der Waals surface area contributed by atoms with E-state index in [1.54, 1.807) is 19.1 Å². The van der Waals surface area contributed by atoms with E-state index in [-0.39, 0.29) is 47.3 Å².